The van der Waals surface area contributed by atoms with Gasteiger partial charge in [-0.15, -0.1) is 0 Å². The molecule has 1 aliphatic heterocycles. The zero-order valence-corrected chi connectivity index (χ0v) is 12.4. The van der Waals surface area contributed by atoms with Gasteiger partial charge < -0.3 is 15.4 Å². The number of para-hydroxylation sites is 1. The normalized spacial score (nSPS) is 18.0. The molecule has 1 atom stereocenters. The van der Waals surface area contributed by atoms with Crippen LogP contribution in [0.2, 0.25) is 0 Å². The number of carbonyl (C=O) groups is 1. The van der Waals surface area contributed by atoms with Crippen LogP contribution in [0, 0.1) is 5.92 Å². The summed E-state index contributed by atoms with van der Waals surface area (Å²) in [5, 5.41) is 6.39. The van der Waals surface area contributed by atoms with Gasteiger partial charge in [0, 0.05) is 6.54 Å². The largest absolute Gasteiger partial charge is 0.489 e. The van der Waals surface area contributed by atoms with Crippen molar-refractivity contribution in [2.24, 2.45) is 5.92 Å². The van der Waals surface area contributed by atoms with E-state index in [1.165, 1.54) is 12.8 Å². The number of nitrogens with one attached hydrogen (secondary N) is 2. The quantitative estimate of drug-likeness (QED) is 0.757. The SMILES string of the molecule is C=CCOc1ccccc1C(=O)NCCC1CCCNC1. The van der Waals surface area contributed by atoms with E-state index in [0.29, 0.717) is 30.4 Å². The van der Waals surface area contributed by atoms with Crippen molar-refractivity contribution in [1.29, 1.82) is 0 Å². The van der Waals surface area contributed by atoms with Gasteiger partial charge in [0.15, 0.2) is 0 Å². The van der Waals surface area contributed by atoms with Gasteiger partial charge in [-0.1, -0.05) is 24.8 Å². The first-order valence-corrected chi connectivity index (χ1v) is 7.63. The van der Waals surface area contributed by atoms with Crippen LogP contribution in [0.1, 0.15) is 29.6 Å². The molecule has 0 aromatic heterocycles. The van der Waals surface area contributed by atoms with Crippen LogP contribution in [-0.2, 0) is 0 Å². The number of piperidine rings is 1. The number of carbonyl (C=O) groups excluding carboxylic acids is 1. The van der Waals surface area contributed by atoms with Crippen molar-refractivity contribution in [2.75, 3.05) is 26.2 Å². The predicted octanol–water partition coefficient (Wildman–Crippen LogP) is 2.37. The highest BCUT2D eigenvalue weighted by atomic mass is 16.5. The zero-order valence-electron chi connectivity index (χ0n) is 12.4. The lowest BCUT2D eigenvalue weighted by molar-refractivity contribution is 0.0947. The summed E-state index contributed by atoms with van der Waals surface area (Å²) in [6, 6.07) is 7.31. The van der Waals surface area contributed by atoms with Gasteiger partial charge in [0.05, 0.1) is 5.56 Å². The fourth-order valence-electron chi connectivity index (χ4n) is 2.58. The molecule has 1 aromatic rings. The summed E-state index contributed by atoms with van der Waals surface area (Å²) >= 11 is 0. The standard InChI is InChI=1S/C17H24N2O2/c1-2-12-21-16-8-4-3-7-15(16)17(20)19-11-9-14-6-5-10-18-13-14/h2-4,7-8,14,18H,1,5-6,9-13H2,(H,19,20). The molecule has 2 rings (SSSR count). The Morgan fingerprint density at radius 2 is 2.33 bits per heavy atom. The average molecular weight is 288 g/mol. The number of benzene rings is 1. The molecule has 4 heteroatoms. The van der Waals surface area contributed by atoms with E-state index in [9.17, 15) is 4.79 Å². The Kier molecular flexibility index (Phi) is 6.28. The summed E-state index contributed by atoms with van der Waals surface area (Å²) in [7, 11) is 0. The molecule has 0 bridgehead atoms. The van der Waals surface area contributed by atoms with E-state index in [4.69, 9.17) is 4.74 Å². The molecule has 4 nitrogen and oxygen atoms in total. The predicted molar refractivity (Wildman–Crippen MR) is 84.7 cm³/mol. The monoisotopic (exact) mass is 288 g/mol. The highest BCUT2D eigenvalue weighted by Crippen LogP contribution is 2.18. The molecule has 1 heterocycles. The molecule has 1 aromatic carbocycles. The number of amides is 1. The zero-order chi connectivity index (χ0) is 14.9. The molecular formula is C17H24N2O2. The van der Waals surface area contributed by atoms with Gasteiger partial charge in [-0.25, -0.2) is 0 Å². The van der Waals surface area contributed by atoms with E-state index in [1.807, 2.05) is 18.2 Å². The number of rotatable bonds is 7. The summed E-state index contributed by atoms with van der Waals surface area (Å²) in [6.07, 6.45) is 5.18. The van der Waals surface area contributed by atoms with Gasteiger partial charge in [0.25, 0.3) is 5.91 Å². The first kappa shape index (κ1) is 15.6. The van der Waals surface area contributed by atoms with Crippen LogP contribution in [0.3, 0.4) is 0 Å². The van der Waals surface area contributed by atoms with Crippen LogP contribution < -0.4 is 15.4 Å². The highest BCUT2D eigenvalue weighted by Gasteiger charge is 2.15. The van der Waals surface area contributed by atoms with Gasteiger partial charge in [0.2, 0.25) is 0 Å². The summed E-state index contributed by atoms with van der Waals surface area (Å²) in [4.78, 5) is 12.2. The van der Waals surface area contributed by atoms with E-state index in [1.54, 1.807) is 12.1 Å². The maximum Gasteiger partial charge on any atom is 0.255 e. The molecule has 0 spiro atoms. The molecule has 1 fully saturated rings. The molecule has 1 saturated heterocycles. The topological polar surface area (TPSA) is 50.4 Å². The van der Waals surface area contributed by atoms with E-state index in [-0.39, 0.29) is 5.91 Å². The van der Waals surface area contributed by atoms with E-state index >= 15 is 0 Å². The van der Waals surface area contributed by atoms with Gasteiger partial charge in [0.1, 0.15) is 12.4 Å². The lowest BCUT2D eigenvalue weighted by atomic mass is 9.96. The second kappa shape index (κ2) is 8.47. The van der Waals surface area contributed by atoms with Crippen molar-refractivity contribution < 1.29 is 9.53 Å². The van der Waals surface area contributed by atoms with Gasteiger partial charge in [-0.05, 0) is 50.4 Å². The van der Waals surface area contributed by atoms with Crippen LogP contribution >= 0.6 is 0 Å². The lowest BCUT2D eigenvalue weighted by Gasteiger charge is -2.22. The molecule has 0 radical (unpaired) electrons. The molecular weight excluding hydrogens is 264 g/mol. The van der Waals surface area contributed by atoms with Crippen molar-refractivity contribution in [3.8, 4) is 5.75 Å². The maximum atomic E-state index is 12.2. The second-order valence-electron chi connectivity index (χ2n) is 5.35. The Morgan fingerprint density at radius 3 is 3.10 bits per heavy atom. The number of hydrogen-bond donors (Lipinski definition) is 2. The van der Waals surface area contributed by atoms with Crippen molar-refractivity contribution in [3.63, 3.8) is 0 Å². The Balaban J connectivity index is 1.83. The first-order valence-electron chi connectivity index (χ1n) is 7.63. The van der Waals surface area contributed by atoms with Crippen LogP contribution in [0.5, 0.6) is 5.75 Å². The molecule has 0 saturated carbocycles. The molecule has 0 aliphatic carbocycles. The van der Waals surface area contributed by atoms with E-state index < -0.39 is 0 Å². The van der Waals surface area contributed by atoms with Crippen molar-refractivity contribution in [3.05, 3.63) is 42.5 Å². The molecule has 1 unspecified atom stereocenters. The Bertz CT molecular complexity index is 468. The maximum absolute atomic E-state index is 12.2. The second-order valence-corrected chi connectivity index (χ2v) is 5.35. The van der Waals surface area contributed by atoms with Crippen molar-refractivity contribution in [2.45, 2.75) is 19.3 Å². The smallest absolute Gasteiger partial charge is 0.255 e. The van der Waals surface area contributed by atoms with Crippen LogP contribution in [0.25, 0.3) is 0 Å². The van der Waals surface area contributed by atoms with Crippen molar-refractivity contribution in [1.82, 2.24) is 10.6 Å². The highest BCUT2D eigenvalue weighted by molar-refractivity contribution is 5.96. The third-order valence-corrected chi connectivity index (χ3v) is 3.73. The first-order chi connectivity index (χ1) is 10.3. The third kappa shape index (κ3) is 4.90. The van der Waals surface area contributed by atoms with E-state index in [0.717, 1.165) is 19.5 Å². The molecule has 114 valence electrons. The molecule has 1 aliphatic rings. The van der Waals surface area contributed by atoms with Crippen LogP contribution in [0.4, 0.5) is 0 Å². The fourth-order valence-corrected chi connectivity index (χ4v) is 2.58. The summed E-state index contributed by atoms with van der Waals surface area (Å²) in [5.41, 5.74) is 0.584. The summed E-state index contributed by atoms with van der Waals surface area (Å²) in [6.45, 7) is 6.92. The third-order valence-electron chi connectivity index (χ3n) is 3.73. The van der Waals surface area contributed by atoms with Crippen LogP contribution in [-0.4, -0.2) is 32.1 Å². The fraction of sp³-hybridized carbons (Fsp3) is 0.471. The van der Waals surface area contributed by atoms with Gasteiger partial charge in [-0.3, -0.25) is 4.79 Å². The average Bonchev–Trinajstić information content (AvgIpc) is 2.54. The van der Waals surface area contributed by atoms with E-state index in [2.05, 4.69) is 17.2 Å². The minimum atomic E-state index is -0.0709. The minimum absolute atomic E-state index is 0.0709. The molecule has 21 heavy (non-hydrogen) atoms. The Labute approximate surface area is 126 Å². The summed E-state index contributed by atoms with van der Waals surface area (Å²) in [5.74, 6) is 1.21. The summed E-state index contributed by atoms with van der Waals surface area (Å²) < 4.78 is 5.51. The van der Waals surface area contributed by atoms with Crippen LogP contribution in [0.15, 0.2) is 36.9 Å². The minimum Gasteiger partial charge on any atom is -0.489 e. The van der Waals surface area contributed by atoms with Gasteiger partial charge >= 0.3 is 0 Å². The Morgan fingerprint density at radius 1 is 1.48 bits per heavy atom. The Hall–Kier alpha value is -1.81. The molecule has 2 N–H and O–H groups in total. The molecule has 1 amide bonds. The van der Waals surface area contributed by atoms with Crippen molar-refractivity contribution >= 4 is 5.91 Å². The number of hydrogen-bond acceptors (Lipinski definition) is 3. The number of ether oxygens (including phenoxy) is 1. The lowest BCUT2D eigenvalue weighted by Crippen LogP contribution is -2.33. The van der Waals surface area contributed by atoms with Gasteiger partial charge in [-0.2, -0.15) is 0 Å².